The Kier molecular flexibility index (Phi) is 7.46. The van der Waals surface area contributed by atoms with E-state index in [1.54, 1.807) is 19.2 Å². The standard InChI is InChI=1S/C18H30FN5O/c1-20-18(21-13-16-14-22(2)9-10-23(16)3)24(4)11-12-25-17-7-5-15(19)6-8-17/h5-8,16H,9-14H2,1-4H3,(H,20,21). The SMILES string of the molecule is CN=C(NCC1CN(C)CCN1C)N(C)CCOc1ccc(F)cc1. The molecule has 140 valence electrons. The molecule has 1 aromatic rings. The normalized spacial score (nSPS) is 19.7. The van der Waals surface area contributed by atoms with Crippen molar-refractivity contribution in [3.05, 3.63) is 30.1 Å². The number of hydrogen-bond donors (Lipinski definition) is 1. The minimum atomic E-state index is -0.257. The average molecular weight is 351 g/mol. The molecule has 25 heavy (non-hydrogen) atoms. The van der Waals surface area contributed by atoms with Crippen molar-refractivity contribution < 1.29 is 9.13 Å². The lowest BCUT2D eigenvalue weighted by Gasteiger charge is -2.38. The number of likely N-dealkylation sites (N-methyl/N-ethyl adjacent to an activating group) is 3. The van der Waals surface area contributed by atoms with Crippen LogP contribution < -0.4 is 10.1 Å². The van der Waals surface area contributed by atoms with E-state index in [1.807, 2.05) is 11.9 Å². The molecule has 0 radical (unpaired) electrons. The van der Waals surface area contributed by atoms with E-state index in [-0.39, 0.29) is 5.82 Å². The number of nitrogens with zero attached hydrogens (tertiary/aromatic N) is 4. The van der Waals surface area contributed by atoms with E-state index in [2.05, 4.69) is 34.2 Å². The van der Waals surface area contributed by atoms with E-state index in [4.69, 9.17) is 4.74 Å². The van der Waals surface area contributed by atoms with Gasteiger partial charge in [-0.2, -0.15) is 0 Å². The molecule has 7 heteroatoms. The van der Waals surface area contributed by atoms with Crippen LogP contribution in [0, 0.1) is 5.82 Å². The fourth-order valence-corrected chi connectivity index (χ4v) is 2.85. The zero-order chi connectivity index (χ0) is 18.2. The van der Waals surface area contributed by atoms with Crippen LogP contribution in [-0.2, 0) is 0 Å². The Morgan fingerprint density at radius 2 is 2.04 bits per heavy atom. The van der Waals surface area contributed by atoms with Crippen molar-refractivity contribution in [1.29, 1.82) is 0 Å². The Labute approximate surface area is 150 Å². The Morgan fingerprint density at radius 3 is 2.72 bits per heavy atom. The molecule has 6 nitrogen and oxygen atoms in total. The average Bonchev–Trinajstić information content (AvgIpc) is 2.60. The first-order valence-corrected chi connectivity index (χ1v) is 8.68. The van der Waals surface area contributed by atoms with Crippen LogP contribution in [0.3, 0.4) is 0 Å². The van der Waals surface area contributed by atoms with Gasteiger partial charge in [0.25, 0.3) is 0 Å². The van der Waals surface area contributed by atoms with Gasteiger partial charge in [0.05, 0.1) is 6.54 Å². The second kappa shape index (κ2) is 9.58. The first kappa shape index (κ1) is 19.5. The first-order valence-electron chi connectivity index (χ1n) is 8.68. The van der Waals surface area contributed by atoms with E-state index in [1.165, 1.54) is 12.1 Å². The second-order valence-electron chi connectivity index (χ2n) is 6.55. The highest BCUT2D eigenvalue weighted by molar-refractivity contribution is 5.79. The summed E-state index contributed by atoms with van der Waals surface area (Å²) in [6.07, 6.45) is 0. The van der Waals surface area contributed by atoms with E-state index in [0.717, 1.165) is 32.1 Å². The maximum absolute atomic E-state index is 12.9. The summed E-state index contributed by atoms with van der Waals surface area (Å²) in [6.45, 7) is 5.31. The van der Waals surface area contributed by atoms with Crippen LogP contribution in [0.2, 0.25) is 0 Å². The molecule has 1 aromatic carbocycles. The van der Waals surface area contributed by atoms with Gasteiger partial charge in [-0.15, -0.1) is 0 Å². The van der Waals surface area contributed by atoms with Crippen LogP contribution in [-0.4, -0.2) is 94.2 Å². The predicted octanol–water partition coefficient (Wildman–Crippen LogP) is 0.958. The highest BCUT2D eigenvalue weighted by Gasteiger charge is 2.22. The molecular formula is C18H30FN5O. The Hall–Kier alpha value is -1.86. The lowest BCUT2D eigenvalue weighted by molar-refractivity contribution is 0.116. The quantitative estimate of drug-likeness (QED) is 0.611. The number of hydrogen-bond acceptors (Lipinski definition) is 4. The van der Waals surface area contributed by atoms with Crippen LogP contribution in [0.5, 0.6) is 5.75 Å². The molecule has 1 heterocycles. The molecule has 1 N–H and O–H groups in total. The van der Waals surface area contributed by atoms with Gasteiger partial charge in [-0.05, 0) is 38.4 Å². The summed E-state index contributed by atoms with van der Waals surface area (Å²) >= 11 is 0. The van der Waals surface area contributed by atoms with Gasteiger partial charge >= 0.3 is 0 Å². The van der Waals surface area contributed by atoms with Crippen LogP contribution >= 0.6 is 0 Å². The van der Waals surface area contributed by atoms with Gasteiger partial charge in [0.15, 0.2) is 5.96 Å². The minimum absolute atomic E-state index is 0.257. The number of nitrogens with one attached hydrogen (secondary N) is 1. The smallest absolute Gasteiger partial charge is 0.193 e. The van der Waals surface area contributed by atoms with Crippen molar-refractivity contribution in [2.24, 2.45) is 4.99 Å². The van der Waals surface area contributed by atoms with Gasteiger partial charge in [0, 0.05) is 46.3 Å². The molecule has 1 atom stereocenters. The summed E-state index contributed by atoms with van der Waals surface area (Å²) in [4.78, 5) is 11.1. The number of ether oxygens (including phenoxy) is 1. The maximum Gasteiger partial charge on any atom is 0.193 e. The molecule has 1 fully saturated rings. The molecule has 2 rings (SSSR count). The third-order valence-electron chi connectivity index (χ3n) is 4.56. The van der Waals surface area contributed by atoms with Crippen LogP contribution in [0.15, 0.2) is 29.3 Å². The zero-order valence-electron chi connectivity index (χ0n) is 15.7. The predicted molar refractivity (Wildman–Crippen MR) is 99.8 cm³/mol. The number of guanidine groups is 1. The van der Waals surface area contributed by atoms with Gasteiger partial charge in [-0.1, -0.05) is 0 Å². The molecule has 1 aliphatic rings. The van der Waals surface area contributed by atoms with Crippen LogP contribution in [0.25, 0.3) is 0 Å². The molecule has 0 spiro atoms. The lowest BCUT2D eigenvalue weighted by Crippen LogP contribution is -2.55. The molecule has 0 bridgehead atoms. The van der Waals surface area contributed by atoms with E-state index >= 15 is 0 Å². The molecule has 1 aliphatic heterocycles. The Balaban J connectivity index is 1.74. The summed E-state index contributed by atoms with van der Waals surface area (Å²) in [5.74, 6) is 1.27. The molecule has 0 amide bonds. The van der Waals surface area contributed by atoms with Crippen LogP contribution in [0.4, 0.5) is 4.39 Å². The summed E-state index contributed by atoms with van der Waals surface area (Å²) in [7, 11) is 8.10. The molecule has 1 unspecified atom stereocenters. The van der Waals surface area contributed by atoms with Crippen molar-refractivity contribution in [2.45, 2.75) is 6.04 Å². The summed E-state index contributed by atoms with van der Waals surface area (Å²) in [5, 5.41) is 3.45. The summed E-state index contributed by atoms with van der Waals surface area (Å²) in [5.41, 5.74) is 0. The largest absolute Gasteiger partial charge is 0.492 e. The van der Waals surface area contributed by atoms with Crippen molar-refractivity contribution in [1.82, 2.24) is 20.0 Å². The lowest BCUT2D eigenvalue weighted by atomic mass is 10.2. The third kappa shape index (κ3) is 6.17. The number of rotatable bonds is 6. The third-order valence-corrected chi connectivity index (χ3v) is 4.56. The van der Waals surface area contributed by atoms with Crippen molar-refractivity contribution in [2.75, 3.05) is 67.5 Å². The van der Waals surface area contributed by atoms with E-state index in [0.29, 0.717) is 24.9 Å². The van der Waals surface area contributed by atoms with Gasteiger partial charge in [0.1, 0.15) is 18.2 Å². The fourth-order valence-electron chi connectivity index (χ4n) is 2.85. The van der Waals surface area contributed by atoms with Crippen molar-refractivity contribution in [3.8, 4) is 5.75 Å². The van der Waals surface area contributed by atoms with Gasteiger partial charge in [-0.3, -0.25) is 9.89 Å². The molecule has 0 aromatic heterocycles. The maximum atomic E-state index is 12.9. The number of piperazine rings is 1. The molecule has 0 saturated carbocycles. The van der Waals surface area contributed by atoms with E-state index < -0.39 is 0 Å². The van der Waals surface area contributed by atoms with Gasteiger partial charge in [0.2, 0.25) is 0 Å². The number of benzene rings is 1. The second-order valence-corrected chi connectivity index (χ2v) is 6.55. The Morgan fingerprint density at radius 1 is 1.32 bits per heavy atom. The molecular weight excluding hydrogens is 321 g/mol. The van der Waals surface area contributed by atoms with Gasteiger partial charge in [-0.25, -0.2) is 4.39 Å². The van der Waals surface area contributed by atoms with Crippen LogP contribution in [0.1, 0.15) is 0 Å². The molecule has 1 saturated heterocycles. The van der Waals surface area contributed by atoms with Crippen molar-refractivity contribution in [3.63, 3.8) is 0 Å². The number of aliphatic imine (C=N–C) groups is 1. The summed E-state index contributed by atoms with van der Waals surface area (Å²) in [6, 6.07) is 6.55. The minimum Gasteiger partial charge on any atom is -0.492 e. The zero-order valence-corrected chi connectivity index (χ0v) is 15.7. The summed E-state index contributed by atoms with van der Waals surface area (Å²) < 4.78 is 18.5. The Bertz CT molecular complexity index is 551. The first-order chi connectivity index (χ1) is 12.0. The topological polar surface area (TPSA) is 43.3 Å². The van der Waals surface area contributed by atoms with E-state index in [9.17, 15) is 4.39 Å². The fraction of sp³-hybridized carbons (Fsp3) is 0.611. The highest BCUT2D eigenvalue weighted by Crippen LogP contribution is 2.10. The monoisotopic (exact) mass is 351 g/mol. The van der Waals surface area contributed by atoms with Crippen molar-refractivity contribution >= 4 is 5.96 Å². The highest BCUT2D eigenvalue weighted by atomic mass is 19.1. The van der Waals surface area contributed by atoms with Gasteiger partial charge < -0.3 is 19.9 Å². The molecule has 0 aliphatic carbocycles. The number of halogens is 1.